The summed E-state index contributed by atoms with van der Waals surface area (Å²) in [4.78, 5) is 18.5. The summed E-state index contributed by atoms with van der Waals surface area (Å²) in [6, 6.07) is 0. The Labute approximate surface area is 88.7 Å². The van der Waals surface area contributed by atoms with Crippen molar-refractivity contribution in [1.29, 1.82) is 0 Å². The van der Waals surface area contributed by atoms with E-state index in [0.717, 1.165) is 30.1 Å². The van der Waals surface area contributed by atoms with Crippen molar-refractivity contribution in [3.63, 3.8) is 0 Å². The summed E-state index contributed by atoms with van der Waals surface area (Å²) in [5.74, 6) is 0.736. The molecule has 15 heavy (non-hydrogen) atoms. The summed E-state index contributed by atoms with van der Waals surface area (Å²) in [5.41, 5.74) is 2.13. The molecule has 0 aromatic carbocycles. The molecule has 1 aromatic rings. The molecule has 2 rings (SSSR count). The fraction of sp³-hybridized carbons (Fsp3) is 0.636. The van der Waals surface area contributed by atoms with Crippen molar-refractivity contribution in [1.82, 2.24) is 9.97 Å². The van der Waals surface area contributed by atoms with Crippen molar-refractivity contribution < 1.29 is 9.90 Å². The Hall–Kier alpha value is -1.32. The Bertz CT molecular complexity index is 382. The van der Waals surface area contributed by atoms with E-state index in [1.54, 1.807) is 0 Å². The third-order valence-electron chi connectivity index (χ3n) is 2.93. The van der Waals surface area contributed by atoms with Crippen LogP contribution >= 0.6 is 0 Å². The van der Waals surface area contributed by atoms with E-state index < -0.39 is 5.97 Å². The van der Waals surface area contributed by atoms with Gasteiger partial charge in [0.05, 0.1) is 12.1 Å². The van der Waals surface area contributed by atoms with E-state index in [-0.39, 0.29) is 12.3 Å². The highest BCUT2D eigenvalue weighted by atomic mass is 16.4. The summed E-state index contributed by atoms with van der Waals surface area (Å²) < 4.78 is 0. The first kappa shape index (κ1) is 10.2. The fourth-order valence-corrected chi connectivity index (χ4v) is 2.11. The molecule has 1 unspecified atom stereocenters. The van der Waals surface area contributed by atoms with E-state index in [0.29, 0.717) is 5.92 Å². The van der Waals surface area contributed by atoms with E-state index in [1.807, 2.05) is 0 Å². The van der Waals surface area contributed by atoms with Crippen LogP contribution in [0, 0.1) is 0 Å². The molecule has 1 heterocycles. The molecule has 0 saturated carbocycles. The first-order chi connectivity index (χ1) is 7.08. The van der Waals surface area contributed by atoms with Gasteiger partial charge in [0.1, 0.15) is 5.82 Å². The third kappa shape index (κ3) is 1.89. The lowest BCUT2D eigenvalue weighted by atomic mass is 10.0. The minimum Gasteiger partial charge on any atom is -0.481 e. The molecule has 1 atom stereocenters. The zero-order valence-electron chi connectivity index (χ0n) is 9.08. The minimum absolute atomic E-state index is 0.112. The molecule has 0 radical (unpaired) electrons. The van der Waals surface area contributed by atoms with Gasteiger partial charge in [-0.3, -0.25) is 4.79 Å². The molecular formula is C11H16N2O2. The highest BCUT2D eigenvalue weighted by Crippen LogP contribution is 2.34. The van der Waals surface area contributed by atoms with Crippen molar-refractivity contribution in [2.45, 2.75) is 44.9 Å². The van der Waals surface area contributed by atoms with Crippen LogP contribution in [0.5, 0.6) is 0 Å². The number of imidazole rings is 1. The molecule has 0 amide bonds. The molecule has 1 aliphatic carbocycles. The normalized spacial score (nSPS) is 19.5. The molecule has 82 valence electrons. The maximum absolute atomic E-state index is 10.7. The van der Waals surface area contributed by atoms with Crippen LogP contribution in [-0.2, 0) is 11.2 Å². The Morgan fingerprint density at radius 3 is 3.00 bits per heavy atom. The number of hydrogen-bond donors (Lipinski definition) is 2. The predicted molar refractivity (Wildman–Crippen MR) is 56.0 cm³/mol. The zero-order chi connectivity index (χ0) is 11.0. The van der Waals surface area contributed by atoms with Gasteiger partial charge in [0.25, 0.3) is 0 Å². The molecule has 0 fully saturated rings. The van der Waals surface area contributed by atoms with Gasteiger partial charge in [-0.2, -0.15) is 0 Å². The van der Waals surface area contributed by atoms with E-state index in [9.17, 15) is 4.79 Å². The van der Waals surface area contributed by atoms with Crippen molar-refractivity contribution >= 4 is 5.97 Å². The van der Waals surface area contributed by atoms with Gasteiger partial charge in [-0.1, -0.05) is 13.8 Å². The van der Waals surface area contributed by atoms with Crippen LogP contribution in [0.4, 0.5) is 0 Å². The number of nitrogens with zero attached hydrogens (tertiary/aromatic N) is 1. The second-order valence-electron chi connectivity index (χ2n) is 4.47. The van der Waals surface area contributed by atoms with Gasteiger partial charge in [-0.15, -0.1) is 0 Å². The van der Waals surface area contributed by atoms with Gasteiger partial charge in [0.15, 0.2) is 0 Å². The van der Waals surface area contributed by atoms with Gasteiger partial charge in [-0.05, 0) is 12.8 Å². The molecule has 1 aromatic heterocycles. The number of aromatic nitrogens is 2. The number of rotatable bonds is 3. The number of carboxylic acid groups (broad SMARTS) is 1. The largest absolute Gasteiger partial charge is 0.481 e. The SMILES string of the molecule is CC(C)c1nc2c([nH]1)CCC2CC(=O)O. The van der Waals surface area contributed by atoms with Crippen LogP contribution in [0.25, 0.3) is 0 Å². The maximum Gasteiger partial charge on any atom is 0.304 e. The highest BCUT2D eigenvalue weighted by Gasteiger charge is 2.28. The standard InChI is InChI=1S/C11H16N2O2/c1-6(2)11-12-8-4-3-7(5-9(14)15)10(8)13-11/h6-7H,3-5H2,1-2H3,(H,12,13)(H,14,15). The average molecular weight is 208 g/mol. The predicted octanol–water partition coefficient (Wildman–Crippen LogP) is 2.04. The van der Waals surface area contributed by atoms with Gasteiger partial charge < -0.3 is 10.1 Å². The number of fused-ring (bicyclic) bond motifs is 1. The number of H-pyrrole nitrogens is 1. The molecule has 4 nitrogen and oxygen atoms in total. The molecule has 0 aliphatic heterocycles. The Balaban J connectivity index is 2.22. The molecular weight excluding hydrogens is 192 g/mol. The van der Waals surface area contributed by atoms with E-state index in [4.69, 9.17) is 5.11 Å². The highest BCUT2D eigenvalue weighted by molar-refractivity contribution is 5.68. The van der Waals surface area contributed by atoms with Crippen LogP contribution in [0.15, 0.2) is 0 Å². The van der Waals surface area contributed by atoms with Gasteiger partial charge in [0.2, 0.25) is 0 Å². The van der Waals surface area contributed by atoms with Crippen LogP contribution in [0.3, 0.4) is 0 Å². The van der Waals surface area contributed by atoms with Crippen LogP contribution in [0.1, 0.15) is 55.7 Å². The second-order valence-corrected chi connectivity index (χ2v) is 4.47. The van der Waals surface area contributed by atoms with Gasteiger partial charge in [0, 0.05) is 17.5 Å². The molecule has 1 aliphatic rings. The number of carboxylic acids is 1. The average Bonchev–Trinajstić information content (AvgIpc) is 2.66. The first-order valence-corrected chi connectivity index (χ1v) is 5.38. The molecule has 4 heteroatoms. The monoisotopic (exact) mass is 208 g/mol. The van der Waals surface area contributed by atoms with E-state index in [2.05, 4.69) is 23.8 Å². The van der Waals surface area contributed by atoms with Crippen molar-refractivity contribution in [3.8, 4) is 0 Å². The van der Waals surface area contributed by atoms with Crippen LogP contribution in [-0.4, -0.2) is 21.0 Å². The summed E-state index contributed by atoms with van der Waals surface area (Å²) >= 11 is 0. The summed E-state index contributed by atoms with van der Waals surface area (Å²) in [6.45, 7) is 4.17. The number of aryl methyl sites for hydroxylation is 1. The van der Waals surface area contributed by atoms with Crippen molar-refractivity contribution in [3.05, 3.63) is 17.2 Å². The Kier molecular flexibility index (Phi) is 2.50. The molecule has 2 N–H and O–H groups in total. The van der Waals surface area contributed by atoms with Crippen molar-refractivity contribution in [2.75, 3.05) is 0 Å². The van der Waals surface area contributed by atoms with Crippen LogP contribution in [0.2, 0.25) is 0 Å². The topological polar surface area (TPSA) is 66.0 Å². The number of aliphatic carboxylic acids is 1. The summed E-state index contributed by atoms with van der Waals surface area (Å²) in [5, 5.41) is 8.78. The lowest BCUT2D eigenvalue weighted by Gasteiger charge is -2.05. The van der Waals surface area contributed by atoms with Gasteiger partial charge >= 0.3 is 5.97 Å². The third-order valence-corrected chi connectivity index (χ3v) is 2.93. The maximum atomic E-state index is 10.7. The number of carbonyl (C=O) groups is 1. The zero-order valence-corrected chi connectivity index (χ0v) is 9.08. The molecule has 0 bridgehead atoms. The Morgan fingerprint density at radius 2 is 2.40 bits per heavy atom. The Morgan fingerprint density at radius 1 is 1.67 bits per heavy atom. The summed E-state index contributed by atoms with van der Waals surface area (Å²) in [6.07, 6.45) is 2.06. The number of aromatic amines is 1. The second kappa shape index (κ2) is 3.68. The summed E-state index contributed by atoms with van der Waals surface area (Å²) in [7, 11) is 0. The van der Waals surface area contributed by atoms with Crippen molar-refractivity contribution in [2.24, 2.45) is 0 Å². The van der Waals surface area contributed by atoms with Crippen LogP contribution < -0.4 is 0 Å². The lowest BCUT2D eigenvalue weighted by molar-refractivity contribution is -0.137. The first-order valence-electron chi connectivity index (χ1n) is 5.38. The number of hydrogen-bond acceptors (Lipinski definition) is 2. The van der Waals surface area contributed by atoms with E-state index >= 15 is 0 Å². The molecule has 0 saturated heterocycles. The lowest BCUT2D eigenvalue weighted by Crippen LogP contribution is -2.04. The van der Waals surface area contributed by atoms with E-state index in [1.165, 1.54) is 0 Å². The minimum atomic E-state index is -0.734. The number of nitrogens with one attached hydrogen (secondary N) is 1. The fourth-order valence-electron chi connectivity index (χ4n) is 2.11. The quantitative estimate of drug-likeness (QED) is 0.798. The molecule has 0 spiro atoms. The smallest absolute Gasteiger partial charge is 0.304 e. The van der Waals surface area contributed by atoms with Gasteiger partial charge in [-0.25, -0.2) is 4.98 Å².